The van der Waals surface area contributed by atoms with E-state index in [1.807, 2.05) is 26.0 Å². The number of nitrogens with zero attached hydrogens (tertiary/aromatic N) is 1. The molecular formula is C17H17NO3. The van der Waals surface area contributed by atoms with E-state index in [1.165, 1.54) is 0 Å². The van der Waals surface area contributed by atoms with Gasteiger partial charge in [-0.15, -0.1) is 0 Å². The van der Waals surface area contributed by atoms with Gasteiger partial charge >= 0.3 is 0 Å². The number of phenolic OH excluding ortho intramolecular Hbond substituents is 2. The van der Waals surface area contributed by atoms with Crippen LogP contribution in [0.3, 0.4) is 0 Å². The molecule has 1 aliphatic rings. The second kappa shape index (κ2) is 4.52. The molecule has 0 aliphatic carbocycles. The summed E-state index contributed by atoms with van der Waals surface area (Å²) in [5.41, 5.74) is 4.85. The molecule has 1 amide bonds. The number of anilines is 1. The van der Waals surface area contributed by atoms with Crippen LogP contribution in [0.4, 0.5) is 5.69 Å². The Morgan fingerprint density at radius 1 is 0.952 bits per heavy atom. The summed E-state index contributed by atoms with van der Waals surface area (Å²) in [6, 6.07) is 7.06. The Kier molecular flexibility index (Phi) is 2.90. The Hall–Kier alpha value is -2.49. The topological polar surface area (TPSA) is 60.8 Å². The first-order valence-electron chi connectivity index (χ1n) is 6.81. The number of carbonyl (C=O) groups excluding carboxylic acids is 1. The van der Waals surface area contributed by atoms with Gasteiger partial charge in [0, 0.05) is 18.7 Å². The number of phenols is 2. The van der Waals surface area contributed by atoms with Crippen LogP contribution in [0, 0.1) is 13.8 Å². The SMILES string of the molecule is Cc1cc2c(cc1O)CC(=O)N(C)c1cc(O)c(C)cc1-2. The van der Waals surface area contributed by atoms with Gasteiger partial charge in [0.1, 0.15) is 11.5 Å². The van der Waals surface area contributed by atoms with Crippen LogP contribution in [0.15, 0.2) is 24.3 Å². The lowest BCUT2D eigenvalue weighted by atomic mass is 9.94. The molecule has 21 heavy (non-hydrogen) atoms. The lowest BCUT2D eigenvalue weighted by Gasteiger charge is -2.19. The number of aromatic hydroxyl groups is 2. The normalized spacial score (nSPS) is 13.7. The average Bonchev–Trinajstić information content (AvgIpc) is 2.51. The van der Waals surface area contributed by atoms with Crippen molar-refractivity contribution in [1.29, 1.82) is 0 Å². The first-order valence-corrected chi connectivity index (χ1v) is 6.81. The van der Waals surface area contributed by atoms with Crippen molar-refractivity contribution in [2.24, 2.45) is 0 Å². The molecule has 2 aromatic carbocycles. The van der Waals surface area contributed by atoms with E-state index in [4.69, 9.17) is 0 Å². The molecule has 4 nitrogen and oxygen atoms in total. The zero-order valence-electron chi connectivity index (χ0n) is 12.3. The zero-order chi connectivity index (χ0) is 15.3. The molecule has 0 unspecified atom stereocenters. The third kappa shape index (κ3) is 2.03. The summed E-state index contributed by atoms with van der Waals surface area (Å²) < 4.78 is 0. The van der Waals surface area contributed by atoms with Gasteiger partial charge in [0.05, 0.1) is 12.1 Å². The number of carbonyl (C=O) groups is 1. The highest BCUT2D eigenvalue weighted by atomic mass is 16.3. The van der Waals surface area contributed by atoms with Gasteiger partial charge in [-0.2, -0.15) is 0 Å². The van der Waals surface area contributed by atoms with Crippen LogP contribution in [0.25, 0.3) is 11.1 Å². The van der Waals surface area contributed by atoms with Gasteiger partial charge < -0.3 is 15.1 Å². The molecule has 0 atom stereocenters. The number of likely N-dealkylation sites (N-methyl/N-ethyl adjacent to an activating group) is 1. The van der Waals surface area contributed by atoms with E-state index in [0.29, 0.717) is 5.69 Å². The first kappa shape index (κ1) is 13.5. The van der Waals surface area contributed by atoms with Gasteiger partial charge in [-0.3, -0.25) is 4.79 Å². The number of benzene rings is 2. The van der Waals surface area contributed by atoms with Crippen molar-refractivity contribution in [3.8, 4) is 22.6 Å². The van der Waals surface area contributed by atoms with Crippen LogP contribution < -0.4 is 4.90 Å². The number of aryl methyl sites for hydroxylation is 2. The molecule has 0 spiro atoms. The maximum Gasteiger partial charge on any atom is 0.231 e. The molecule has 0 bridgehead atoms. The van der Waals surface area contributed by atoms with Crippen LogP contribution in [-0.2, 0) is 11.2 Å². The van der Waals surface area contributed by atoms with Crippen molar-refractivity contribution in [1.82, 2.24) is 0 Å². The van der Waals surface area contributed by atoms with Gasteiger partial charge in [-0.05, 0) is 54.3 Å². The Morgan fingerprint density at radius 2 is 1.52 bits per heavy atom. The Labute approximate surface area is 123 Å². The van der Waals surface area contributed by atoms with Crippen LogP contribution in [0.1, 0.15) is 16.7 Å². The highest BCUT2D eigenvalue weighted by Gasteiger charge is 2.25. The summed E-state index contributed by atoms with van der Waals surface area (Å²) in [5.74, 6) is 0.303. The number of amides is 1. The van der Waals surface area contributed by atoms with Crippen molar-refractivity contribution in [2.75, 3.05) is 11.9 Å². The third-order valence-electron chi connectivity index (χ3n) is 4.10. The number of rotatable bonds is 0. The fraction of sp³-hybridized carbons (Fsp3) is 0.235. The second-order valence-corrected chi connectivity index (χ2v) is 5.58. The first-order chi connectivity index (χ1) is 9.88. The molecule has 1 aliphatic heterocycles. The molecule has 1 heterocycles. The zero-order valence-corrected chi connectivity index (χ0v) is 12.3. The van der Waals surface area contributed by atoms with E-state index in [9.17, 15) is 15.0 Å². The van der Waals surface area contributed by atoms with Crippen molar-refractivity contribution in [3.05, 3.63) is 41.0 Å². The predicted octanol–water partition coefficient (Wildman–Crippen LogP) is 2.90. The summed E-state index contributed by atoms with van der Waals surface area (Å²) >= 11 is 0. The van der Waals surface area contributed by atoms with Crippen molar-refractivity contribution in [3.63, 3.8) is 0 Å². The third-order valence-corrected chi connectivity index (χ3v) is 4.10. The average molecular weight is 283 g/mol. The summed E-state index contributed by atoms with van der Waals surface area (Å²) in [6.07, 6.45) is 0.230. The Balaban J connectivity index is 2.38. The lowest BCUT2D eigenvalue weighted by Crippen LogP contribution is -2.26. The fourth-order valence-corrected chi connectivity index (χ4v) is 2.73. The molecule has 3 rings (SSSR count). The molecule has 2 aromatic rings. The Bertz CT molecular complexity index is 765. The van der Waals surface area contributed by atoms with Gasteiger partial charge in [0.2, 0.25) is 5.91 Å². The number of hydrogen-bond acceptors (Lipinski definition) is 3. The highest BCUT2D eigenvalue weighted by molar-refractivity contribution is 6.02. The molecule has 0 radical (unpaired) electrons. The monoisotopic (exact) mass is 283 g/mol. The van der Waals surface area contributed by atoms with Gasteiger partial charge in [0.15, 0.2) is 0 Å². The summed E-state index contributed by atoms with van der Waals surface area (Å²) in [7, 11) is 1.70. The van der Waals surface area contributed by atoms with Crippen molar-refractivity contribution < 1.29 is 15.0 Å². The quantitative estimate of drug-likeness (QED) is 0.781. The minimum absolute atomic E-state index is 0.0680. The molecule has 4 heteroatoms. The molecule has 0 fully saturated rings. The molecule has 0 saturated carbocycles. The molecule has 108 valence electrons. The minimum atomic E-state index is -0.0680. The summed E-state index contributed by atoms with van der Waals surface area (Å²) in [5, 5.41) is 19.8. The van der Waals surface area contributed by atoms with Gasteiger partial charge in [0.25, 0.3) is 0 Å². The highest BCUT2D eigenvalue weighted by Crippen LogP contribution is 2.41. The van der Waals surface area contributed by atoms with E-state index >= 15 is 0 Å². The lowest BCUT2D eigenvalue weighted by molar-refractivity contribution is -0.117. The van der Waals surface area contributed by atoms with Crippen LogP contribution in [0.5, 0.6) is 11.5 Å². The molecule has 0 saturated heterocycles. The fourth-order valence-electron chi connectivity index (χ4n) is 2.73. The molecular weight excluding hydrogens is 266 g/mol. The van der Waals surface area contributed by atoms with Crippen molar-refractivity contribution in [2.45, 2.75) is 20.3 Å². The Morgan fingerprint density at radius 3 is 2.19 bits per heavy atom. The predicted molar refractivity (Wildman–Crippen MR) is 81.8 cm³/mol. The summed E-state index contributed by atoms with van der Waals surface area (Å²) in [4.78, 5) is 13.9. The van der Waals surface area contributed by atoms with E-state index in [-0.39, 0.29) is 23.8 Å². The largest absolute Gasteiger partial charge is 0.508 e. The smallest absolute Gasteiger partial charge is 0.231 e. The van der Waals surface area contributed by atoms with E-state index in [0.717, 1.165) is 27.8 Å². The van der Waals surface area contributed by atoms with E-state index < -0.39 is 0 Å². The van der Waals surface area contributed by atoms with Gasteiger partial charge in [-0.25, -0.2) is 0 Å². The minimum Gasteiger partial charge on any atom is -0.508 e. The van der Waals surface area contributed by atoms with E-state index in [1.54, 1.807) is 24.1 Å². The number of fused-ring (bicyclic) bond motifs is 3. The van der Waals surface area contributed by atoms with Crippen LogP contribution in [-0.4, -0.2) is 23.2 Å². The van der Waals surface area contributed by atoms with E-state index in [2.05, 4.69) is 0 Å². The molecule has 0 aromatic heterocycles. The van der Waals surface area contributed by atoms with Crippen LogP contribution in [0.2, 0.25) is 0 Å². The number of hydrogen-bond donors (Lipinski definition) is 2. The maximum absolute atomic E-state index is 12.3. The second-order valence-electron chi connectivity index (χ2n) is 5.58. The molecule has 2 N–H and O–H groups in total. The van der Waals surface area contributed by atoms with Crippen molar-refractivity contribution >= 4 is 11.6 Å². The van der Waals surface area contributed by atoms with Gasteiger partial charge in [-0.1, -0.05) is 0 Å². The van der Waals surface area contributed by atoms with Crippen LogP contribution >= 0.6 is 0 Å². The standard InChI is InChI=1S/C17H17NO3/c1-9-4-12-11(6-15(9)19)7-17(21)18(3)14-8-16(20)10(2)5-13(12)14/h4-6,8,19-20H,7H2,1-3H3. The summed E-state index contributed by atoms with van der Waals surface area (Å²) in [6.45, 7) is 3.66. The maximum atomic E-state index is 12.3.